The van der Waals surface area contributed by atoms with Crippen LogP contribution >= 0.6 is 0 Å². The number of carbonyl (C=O) groups excluding carboxylic acids is 1. The van der Waals surface area contributed by atoms with Crippen molar-refractivity contribution < 1.29 is 4.79 Å². The molecule has 5 nitrogen and oxygen atoms in total. The molecule has 0 aliphatic rings. The van der Waals surface area contributed by atoms with Crippen LogP contribution in [0.5, 0.6) is 0 Å². The minimum Gasteiger partial charge on any atom is -0.340 e. The predicted molar refractivity (Wildman–Crippen MR) is 108 cm³/mol. The summed E-state index contributed by atoms with van der Waals surface area (Å²) in [6.07, 6.45) is 1.43. The fourth-order valence-corrected chi connectivity index (χ4v) is 2.86. The van der Waals surface area contributed by atoms with Gasteiger partial charge < -0.3 is 10.2 Å². The van der Waals surface area contributed by atoms with E-state index in [1.54, 1.807) is 11.0 Å². The molecule has 0 aliphatic heterocycles. The summed E-state index contributed by atoms with van der Waals surface area (Å²) in [5.74, 6) is 0.505. The summed E-state index contributed by atoms with van der Waals surface area (Å²) in [7, 11) is 0. The zero-order chi connectivity index (χ0) is 19.2. The lowest BCUT2D eigenvalue weighted by Gasteiger charge is -2.21. The Kier molecular flexibility index (Phi) is 5.81. The lowest BCUT2D eigenvalue weighted by Crippen LogP contribution is -2.31. The van der Waals surface area contributed by atoms with Crippen LogP contribution in [0.1, 0.15) is 34.1 Å². The second kappa shape index (κ2) is 8.45. The molecule has 0 bridgehead atoms. The zero-order valence-corrected chi connectivity index (χ0v) is 15.9. The van der Waals surface area contributed by atoms with Gasteiger partial charge in [-0.2, -0.15) is 0 Å². The van der Waals surface area contributed by atoms with Gasteiger partial charge in [0.1, 0.15) is 17.8 Å². The summed E-state index contributed by atoms with van der Waals surface area (Å²) < 4.78 is 0. The molecule has 1 amide bonds. The van der Waals surface area contributed by atoms with Gasteiger partial charge in [-0.3, -0.25) is 4.79 Å². The number of nitrogens with zero attached hydrogens (tertiary/aromatic N) is 3. The Bertz CT molecular complexity index is 925. The Hall–Kier alpha value is -3.21. The number of aryl methyl sites for hydroxylation is 1. The molecule has 2 aromatic carbocycles. The normalized spacial score (nSPS) is 10.5. The van der Waals surface area contributed by atoms with Gasteiger partial charge in [-0.1, -0.05) is 42.5 Å². The molecule has 0 radical (unpaired) electrons. The monoisotopic (exact) mass is 360 g/mol. The maximum Gasteiger partial charge on any atom is 0.272 e. The molecule has 0 spiro atoms. The molecule has 0 atom stereocenters. The van der Waals surface area contributed by atoms with Gasteiger partial charge in [-0.15, -0.1) is 0 Å². The van der Waals surface area contributed by atoms with E-state index in [9.17, 15) is 4.79 Å². The van der Waals surface area contributed by atoms with Crippen LogP contribution in [0.3, 0.4) is 0 Å². The maximum absolute atomic E-state index is 12.9. The van der Waals surface area contributed by atoms with Crippen molar-refractivity contribution in [3.63, 3.8) is 0 Å². The Morgan fingerprint density at radius 1 is 1.04 bits per heavy atom. The Morgan fingerprint density at radius 2 is 1.81 bits per heavy atom. The number of benzene rings is 2. The van der Waals surface area contributed by atoms with Crippen LogP contribution in [0.2, 0.25) is 0 Å². The van der Waals surface area contributed by atoms with Crippen LogP contribution in [-0.2, 0) is 6.54 Å². The molecule has 3 rings (SSSR count). The highest BCUT2D eigenvalue weighted by molar-refractivity contribution is 5.93. The number of anilines is 2. The van der Waals surface area contributed by atoms with Gasteiger partial charge >= 0.3 is 0 Å². The van der Waals surface area contributed by atoms with Crippen LogP contribution in [0.15, 0.2) is 60.9 Å². The van der Waals surface area contributed by atoms with E-state index >= 15 is 0 Å². The van der Waals surface area contributed by atoms with Gasteiger partial charge in [0.25, 0.3) is 5.91 Å². The standard InChI is InChI=1S/C22H24N4O/c1-4-26(14-18-10-6-5-7-11-18)22(27)20-13-21(24-15-23-20)25-19-12-8-9-16(2)17(19)3/h5-13,15H,4,14H2,1-3H3,(H,23,24,25). The lowest BCUT2D eigenvalue weighted by molar-refractivity contribution is 0.0746. The summed E-state index contributed by atoms with van der Waals surface area (Å²) >= 11 is 0. The topological polar surface area (TPSA) is 58.1 Å². The number of carbonyl (C=O) groups is 1. The summed E-state index contributed by atoms with van der Waals surface area (Å²) in [5, 5.41) is 3.29. The fourth-order valence-electron chi connectivity index (χ4n) is 2.86. The minimum atomic E-state index is -0.104. The van der Waals surface area contributed by atoms with Crippen molar-refractivity contribution in [2.24, 2.45) is 0 Å². The van der Waals surface area contributed by atoms with Crippen LogP contribution in [0.25, 0.3) is 0 Å². The smallest absolute Gasteiger partial charge is 0.272 e. The van der Waals surface area contributed by atoms with Crippen LogP contribution in [0.4, 0.5) is 11.5 Å². The molecule has 1 N–H and O–H groups in total. The largest absolute Gasteiger partial charge is 0.340 e. The van der Waals surface area contributed by atoms with Gasteiger partial charge in [0.05, 0.1) is 0 Å². The number of nitrogens with one attached hydrogen (secondary N) is 1. The van der Waals surface area contributed by atoms with Gasteiger partial charge in [-0.25, -0.2) is 9.97 Å². The van der Waals surface area contributed by atoms with E-state index in [1.807, 2.05) is 49.4 Å². The first-order valence-electron chi connectivity index (χ1n) is 9.07. The maximum atomic E-state index is 12.9. The fraction of sp³-hybridized carbons (Fsp3) is 0.227. The highest BCUT2D eigenvalue weighted by Gasteiger charge is 2.17. The second-order valence-electron chi connectivity index (χ2n) is 6.47. The average molecular weight is 360 g/mol. The number of amides is 1. The first-order chi connectivity index (χ1) is 13.1. The quantitative estimate of drug-likeness (QED) is 0.703. The van der Waals surface area contributed by atoms with Crippen LogP contribution in [0, 0.1) is 13.8 Å². The number of hydrogen-bond acceptors (Lipinski definition) is 4. The van der Waals surface area contributed by atoms with Gasteiger partial charge in [-0.05, 0) is 43.5 Å². The van der Waals surface area contributed by atoms with E-state index in [1.165, 1.54) is 11.9 Å². The SMILES string of the molecule is CCN(Cc1ccccc1)C(=O)c1cc(Nc2cccc(C)c2C)ncn1. The first-order valence-corrected chi connectivity index (χ1v) is 9.07. The van der Waals surface area contributed by atoms with E-state index in [0.29, 0.717) is 24.6 Å². The van der Waals surface area contributed by atoms with Crippen molar-refractivity contribution in [2.45, 2.75) is 27.3 Å². The molecule has 0 saturated heterocycles. The number of rotatable bonds is 6. The molecule has 138 valence electrons. The molecule has 1 aromatic heterocycles. The van der Waals surface area contributed by atoms with Gasteiger partial charge in [0, 0.05) is 24.8 Å². The molecule has 0 saturated carbocycles. The summed E-state index contributed by atoms with van der Waals surface area (Å²) in [5.41, 5.74) is 4.81. The molecule has 0 unspecified atom stereocenters. The predicted octanol–water partition coefficient (Wildman–Crippen LogP) is 4.50. The zero-order valence-electron chi connectivity index (χ0n) is 15.9. The molecular weight excluding hydrogens is 336 g/mol. The van der Waals surface area contributed by atoms with Crippen LogP contribution in [-0.4, -0.2) is 27.3 Å². The van der Waals surface area contributed by atoms with Gasteiger partial charge in [0.15, 0.2) is 0 Å². The van der Waals surface area contributed by atoms with E-state index in [2.05, 4.69) is 35.2 Å². The lowest BCUT2D eigenvalue weighted by atomic mass is 10.1. The first kappa shape index (κ1) is 18.6. The van der Waals surface area contributed by atoms with Crippen molar-refractivity contribution in [3.05, 3.63) is 83.3 Å². The van der Waals surface area contributed by atoms with E-state index in [-0.39, 0.29) is 5.91 Å². The second-order valence-corrected chi connectivity index (χ2v) is 6.47. The Balaban J connectivity index is 1.79. The average Bonchev–Trinajstić information content (AvgIpc) is 2.70. The summed E-state index contributed by atoms with van der Waals surface area (Å²) in [6.45, 7) is 7.26. The molecule has 27 heavy (non-hydrogen) atoms. The molecular formula is C22H24N4O. The molecule has 3 aromatic rings. The van der Waals surface area contributed by atoms with Crippen molar-refractivity contribution in [2.75, 3.05) is 11.9 Å². The minimum absolute atomic E-state index is 0.104. The Morgan fingerprint density at radius 3 is 2.56 bits per heavy atom. The molecule has 5 heteroatoms. The molecule has 0 fully saturated rings. The van der Waals surface area contributed by atoms with Crippen molar-refractivity contribution in [3.8, 4) is 0 Å². The summed E-state index contributed by atoms with van der Waals surface area (Å²) in [4.78, 5) is 23.1. The Labute approximate surface area is 160 Å². The molecule has 0 aliphatic carbocycles. The highest BCUT2D eigenvalue weighted by Crippen LogP contribution is 2.22. The molecule has 1 heterocycles. The van der Waals surface area contributed by atoms with E-state index < -0.39 is 0 Å². The van der Waals surface area contributed by atoms with Crippen molar-refractivity contribution in [1.82, 2.24) is 14.9 Å². The van der Waals surface area contributed by atoms with Crippen molar-refractivity contribution in [1.29, 1.82) is 0 Å². The number of aromatic nitrogens is 2. The highest BCUT2D eigenvalue weighted by atomic mass is 16.2. The third kappa shape index (κ3) is 4.50. The third-order valence-electron chi connectivity index (χ3n) is 4.64. The van der Waals surface area contributed by atoms with E-state index in [4.69, 9.17) is 0 Å². The number of hydrogen-bond donors (Lipinski definition) is 1. The van der Waals surface area contributed by atoms with E-state index in [0.717, 1.165) is 16.8 Å². The van der Waals surface area contributed by atoms with Crippen molar-refractivity contribution >= 4 is 17.4 Å². The third-order valence-corrected chi connectivity index (χ3v) is 4.64. The van der Waals surface area contributed by atoms with Crippen LogP contribution < -0.4 is 5.32 Å². The van der Waals surface area contributed by atoms with Gasteiger partial charge in [0.2, 0.25) is 0 Å². The summed E-state index contributed by atoms with van der Waals surface area (Å²) in [6, 6.07) is 17.7.